The lowest BCUT2D eigenvalue weighted by atomic mass is 10.2. The fourth-order valence-corrected chi connectivity index (χ4v) is 1.47. The molecule has 3 nitrogen and oxygen atoms in total. The second-order valence-electron chi connectivity index (χ2n) is 2.13. The molecule has 0 bridgehead atoms. The van der Waals surface area contributed by atoms with E-state index < -0.39 is 5.97 Å². The second kappa shape index (κ2) is 3.33. The van der Waals surface area contributed by atoms with Gasteiger partial charge in [0.05, 0.1) is 15.1 Å². The van der Waals surface area contributed by atoms with E-state index in [1.54, 1.807) is 0 Å². The van der Waals surface area contributed by atoms with E-state index in [0.717, 1.165) is 0 Å². The van der Waals surface area contributed by atoms with Gasteiger partial charge in [-0.15, -0.1) is 0 Å². The van der Waals surface area contributed by atoms with Crippen LogP contribution in [0.5, 0.6) is 0 Å². The molecular weight excluding hydrogens is 245 g/mol. The molecule has 0 saturated carbocycles. The molecule has 1 aromatic rings. The molecule has 0 amide bonds. The number of rotatable bonds is 1. The maximum atomic E-state index is 10.6. The number of halogens is 2. The number of hydrogen-bond acceptors (Lipinski definition) is 2. The van der Waals surface area contributed by atoms with Crippen LogP contribution in [0, 0.1) is 0 Å². The number of carbonyl (C=O) groups is 1. The van der Waals surface area contributed by atoms with Crippen LogP contribution in [0.2, 0.25) is 5.02 Å². The van der Waals surface area contributed by atoms with E-state index in [1.165, 1.54) is 12.1 Å². The average Bonchev–Trinajstić information content (AvgIpc) is 1.97. The van der Waals surface area contributed by atoms with Crippen LogP contribution in [0.4, 0.5) is 5.69 Å². The highest BCUT2D eigenvalue weighted by Gasteiger charge is 2.14. The third-order valence-corrected chi connectivity index (χ3v) is 2.71. The van der Waals surface area contributed by atoms with Crippen molar-refractivity contribution in [3.05, 3.63) is 27.2 Å². The molecule has 64 valence electrons. The summed E-state index contributed by atoms with van der Waals surface area (Å²) in [6, 6.07) is 2.99. The monoisotopic (exact) mass is 249 g/mol. The molecule has 0 spiro atoms. The molecule has 0 aliphatic carbocycles. The van der Waals surface area contributed by atoms with Gasteiger partial charge in [0, 0.05) is 5.69 Å². The molecule has 0 heterocycles. The molecule has 0 radical (unpaired) electrons. The van der Waals surface area contributed by atoms with Crippen molar-refractivity contribution in [2.45, 2.75) is 0 Å². The fourth-order valence-electron chi connectivity index (χ4n) is 0.783. The normalized spacial score (nSPS) is 9.83. The van der Waals surface area contributed by atoms with Gasteiger partial charge in [0.15, 0.2) is 0 Å². The van der Waals surface area contributed by atoms with E-state index in [-0.39, 0.29) is 11.3 Å². The number of nitrogen functional groups attached to an aromatic ring is 1. The zero-order valence-electron chi connectivity index (χ0n) is 5.84. The number of carboxylic acids is 1. The second-order valence-corrected chi connectivity index (χ2v) is 3.33. The van der Waals surface area contributed by atoms with Crippen LogP contribution in [0.25, 0.3) is 0 Å². The number of carboxylic acid groups (broad SMARTS) is 1. The van der Waals surface area contributed by atoms with E-state index in [0.29, 0.717) is 9.50 Å². The lowest BCUT2D eigenvalue weighted by molar-refractivity contribution is 0.0697. The summed E-state index contributed by atoms with van der Waals surface area (Å²) >= 11 is 8.70. The topological polar surface area (TPSA) is 63.3 Å². The summed E-state index contributed by atoms with van der Waals surface area (Å²) in [6.07, 6.45) is 0. The van der Waals surface area contributed by atoms with E-state index in [9.17, 15) is 4.79 Å². The molecular formula is C7H5BrClNO2. The predicted molar refractivity (Wildman–Crippen MR) is 50.5 cm³/mol. The Morgan fingerprint density at radius 3 is 2.58 bits per heavy atom. The predicted octanol–water partition coefficient (Wildman–Crippen LogP) is 2.38. The highest BCUT2D eigenvalue weighted by atomic mass is 79.9. The SMILES string of the molecule is Nc1ccc(Cl)c(Br)c1C(=O)O. The first-order chi connectivity index (χ1) is 5.54. The highest BCUT2D eigenvalue weighted by molar-refractivity contribution is 9.10. The Hall–Kier alpha value is -0.740. The Morgan fingerprint density at radius 1 is 1.58 bits per heavy atom. The summed E-state index contributed by atoms with van der Waals surface area (Å²) < 4.78 is 0.316. The standard InChI is InChI=1S/C7H5BrClNO2/c8-6-3(9)1-2-4(10)5(6)7(11)12/h1-2H,10H2,(H,11,12). The summed E-state index contributed by atoms with van der Waals surface area (Å²) in [5.41, 5.74) is 5.62. The maximum Gasteiger partial charge on any atom is 0.339 e. The van der Waals surface area contributed by atoms with Crippen molar-refractivity contribution in [3.63, 3.8) is 0 Å². The summed E-state index contributed by atoms with van der Waals surface area (Å²) in [6.45, 7) is 0. The van der Waals surface area contributed by atoms with Gasteiger partial charge in [-0.2, -0.15) is 0 Å². The van der Waals surface area contributed by atoms with Crippen molar-refractivity contribution in [2.75, 3.05) is 5.73 Å². The lowest BCUT2D eigenvalue weighted by Gasteiger charge is -2.03. The molecule has 3 N–H and O–H groups in total. The summed E-state index contributed by atoms with van der Waals surface area (Å²) in [5.74, 6) is -1.10. The fraction of sp³-hybridized carbons (Fsp3) is 0. The minimum absolute atomic E-state index is 0.00231. The first kappa shape index (κ1) is 9.35. The first-order valence-electron chi connectivity index (χ1n) is 3.01. The third-order valence-electron chi connectivity index (χ3n) is 1.34. The van der Waals surface area contributed by atoms with Crippen molar-refractivity contribution in [3.8, 4) is 0 Å². The van der Waals surface area contributed by atoms with E-state index in [4.69, 9.17) is 22.4 Å². The molecule has 0 aliphatic heterocycles. The molecule has 0 unspecified atom stereocenters. The van der Waals surface area contributed by atoms with Crippen LogP contribution in [-0.2, 0) is 0 Å². The minimum Gasteiger partial charge on any atom is -0.478 e. The molecule has 12 heavy (non-hydrogen) atoms. The van der Waals surface area contributed by atoms with Gasteiger partial charge in [0.1, 0.15) is 0 Å². The Morgan fingerprint density at radius 2 is 2.17 bits per heavy atom. The van der Waals surface area contributed by atoms with Crippen molar-refractivity contribution in [1.82, 2.24) is 0 Å². The van der Waals surface area contributed by atoms with Gasteiger partial charge in [-0.25, -0.2) is 4.79 Å². The van der Waals surface area contributed by atoms with Gasteiger partial charge >= 0.3 is 5.97 Å². The molecule has 0 saturated heterocycles. The van der Waals surface area contributed by atoms with Gasteiger partial charge in [0.2, 0.25) is 0 Å². The zero-order chi connectivity index (χ0) is 9.30. The van der Waals surface area contributed by atoms with Crippen LogP contribution in [0.1, 0.15) is 10.4 Å². The van der Waals surface area contributed by atoms with Gasteiger partial charge in [-0.05, 0) is 28.1 Å². The average molecular weight is 250 g/mol. The molecule has 1 aromatic carbocycles. The third kappa shape index (κ3) is 1.54. The van der Waals surface area contributed by atoms with Crippen molar-refractivity contribution in [1.29, 1.82) is 0 Å². The van der Waals surface area contributed by atoms with Crippen LogP contribution in [-0.4, -0.2) is 11.1 Å². The largest absolute Gasteiger partial charge is 0.478 e. The van der Waals surface area contributed by atoms with Crippen molar-refractivity contribution in [2.24, 2.45) is 0 Å². The van der Waals surface area contributed by atoms with Crippen LogP contribution >= 0.6 is 27.5 Å². The molecule has 0 aromatic heterocycles. The summed E-state index contributed by atoms with van der Waals surface area (Å²) in [7, 11) is 0. The number of nitrogens with two attached hydrogens (primary N) is 1. The van der Waals surface area contributed by atoms with Crippen LogP contribution < -0.4 is 5.73 Å². The van der Waals surface area contributed by atoms with E-state index >= 15 is 0 Å². The first-order valence-corrected chi connectivity index (χ1v) is 4.18. The Labute approximate surface area is 82.3 Å². The van der Waals surface area contributed by atoms with Crippen molar-refractivity contribution >= 4 is 39.2 Å². The van der Waals surface area contributed by atoms with Crippen LogP contribution in [0.15, 0.2) is 16.6 Å². The molecule has 0 fully saturated rings. The quantitative estimate of drug-likeness (QED) is 0.752. The number of hydrogen-bond donors (Lipinski definition) is 2. The molecule has 0 atom stereocenters. The van der Waals surface area contributed by atoms with Gasteiger partial charge in [-0.3, -0.25) is 0 Å². The van der Waals surface area contributed by atoms with Crippen LogP contribution in [0.3, 0.4) is 0 Å². The summed E-state index contributed by atoms with van der Waals surface area (Å²) in [5, 5.41) is 9.04. The number of aromatic carboxylic acids is 1. The number of benzene rings is 1. The Bertz CT molecular complexity index is 340. The van der Waals surface area contributed by atoms with Gasteiger partial charge in [-0.1, -0.05) is 11.6 Å². The number of anilines is 1. The Balaban J connectivity index is 3.43. The van der Waals surface area contributed by atoms with E-state index in [2.05, 4.69) is 15.9 Å². The molecule has 0 aliphatic rings. The van der Waals surface area contributed by atoms with Gasteiger partial charge < -0.3 is 10.8 Å². The highest BCUT2D eigenvalue weighted by Crippen LogP contribution is 2.30. The summed E-state index contributed by atoms with van der Waals surface area (Å²) in [4.78, 5) is 10.6. The van der Waals surface area contributed by atoms with E-state index in [1.807, 2.05) is 0 Å². The van der Waals surface area contributed by atoms with Crippen molar-refractivity contribution < 1.29 is 9.90 Å². The lowest BCUT2D eigenvalue weighted by Crippen LogP contribution is -2.03. The zero-order valence-corrected chi connectivity index (χ0v) is 8.19. The minimum atomic E-state index is -1.10. The molecule has 5 heteroatoms. The smallest absolute Gasteiger partial charge is 0.339 e. The Kier molecular flexibility index (Phi) is 2.59. The molecule has 1 rings (SSSR count). The van der Waals surface area contributed by atoms with Gasteiger partial charge in [0.25, 0.3) is 0 Å². The maximum absolute atomic E-state index is 10.6.